The number of carbonyl (C=O) groups excluding carboxylic acids is 1. The van der Waals surface area contributed by atoms with Gasteiger partial charge in [-0.05, 0) is 42.1 Å². The zero-order chi connectivity index (χ0) is 21.1. The van der Waals surface area contributed by atoms with Crippen LogP contribution in [0.2, 0.25) is 10.0 Å². The number of benzene rings is 2. The van der Waals surface area contributed by atoms with Crippen LogP contribution in [0.1, 0.15) is 5.56 Å². The van der Waals surface area contributed by atoms with Gasteiger partial charge in [-0.25, -0.2) is 4.99 Å². The molecular formula is C21H19Cl2N3O3S. The summed E-state index contributed by atoms with van der Waals surface area (Å²) in [7, 11) is 1.62. The lowest BCUT2D eigenvalue weighted by molar-refractivity contribution is -0.115. The van der Waals surface area contributed by atoms with E-state index in [1.54, 1.807) is 31.4 Å². The average Bonchev–Trinajstić information content (AvgIpc) is 3.11. The molecule has 0 radical (unpaired) electrons. The molecule has 0 aliphatic carbocycles. The lowest BCUT2D eigenvalue weighted by Gasteiger charge is -2.29. The Balaban J connectivity index is 1.57. The van der Waals surface area contributed by atoms with E-state index < -0.39 is 0 Å². The third kappa shape index (κ3) is 4.59. The molecule has 2 aliphatic rings. The number of hydrogen-bond donors (Lipinski definition) is 1. The van der Waals surface area contributed by atoms with Gasteiger partial charge < -0.3 is 19.7 Å². The summed E-state index contributed by atoms with van der Waals surface area (Å²) in [5.74, 6) is 0.472. The molecule has 2 aromatic carbocycles. The molecule has 2 fully saturated rings. The van der Waals surface area contributed by atoms with Crippen LogP contribution in [0.4, 0.5) is 11.4 Å². The van der Waals surface area contributed by atoms with Crippen LogP contribution in [0, 0.1) is 0 Å². The van der Waals surface area contributed by atoms with Gasteiger partial charge in [0.2, 0.25) is 0 Å². The summed E-state index contributed by atoms with van der Waals surface area (Å²) >= 11 is 13.5. The minimum Gasteiger partial charge on any atom is -0.496 e. The first-order chi connectivity index (χ1) is 14.5. The molecule has 0 aromatic heterocycles. The SMILES string of the molecule is COc1cc(N2CCOCC2)ccc1/C=C1\SC(=Nc2cccc(Cl)c2Cl)NC1=O. The van der Waals surface area contributed by atoms with E-state index >= 15 is 0 Å². The molecule has 0 unspecified atom stereocenters. The fraction of sp³-hybridized carbons (Fsp3) is 0.238. The molecule has 156 valence electrons. The zero-order valence-corrected chi connectivity index (χ0v) is 18.5. The normalized spacial score (nSPS) is 19.4. The van der Waals surface area contributed by atoms with Gasteiger partial charge in [0, 0.05) is 30.4 Å². The predicted molar refractivity (Wildman–Crippen MR) is 123 cm³/mol. The Labute approximate surface area is 188 Å². The average molecular weight is 464 g/mol. The lowest BCUT2D eigenvalue weighted by atomic mass is 10.1. The van der Waals surface area contributed by atoms with Crippen LogP contribution in [0.15, 0.2) is 46.3 Å². The van der Waals surface area contributed by atoms with Gasteiger partial charge in [0.05, 0.1) is 41.0 Å². The molecule has 2 saturated heterocycles. The number of aliphatic imine (C=N–C) groups is 1. The van der Waals surface area contributed by atoms with Crippen molar-refractivity contribution in [3.05, 3.63) is 56.9 Å². The number of nitrogens with one attached hydrogen (secondary N) is 1. The number of halogens is 2. The van der Waals surface area contributed by atoms with Crippen molar-refractivity contribution in [1.29, 1.82) is 0 Å². The van der Waals surface area contributed by atoms with E-state index in [1.807, 2.05) is 18.2 Å². The number of amides is 1. The molecule has 2 aromatic rings. The number of ether oxygens (including phenoxy) is 2. The minimum atomic E-state index is -0.226. The van der Waals surface area contributed by atoms with Crippen molar-refractivity contribution in [2.45, 2.75) is 0 Å². The van der Waals surface area contributed by atoms with E-state index in [0.29, 0.717) is 44.8 Å². The largest absolute Gasteiger partial charge is 0.496 e. The second-order valence-corrected chi connectivity index (χ2v) is 8.40. The Morgan fingerprint density at radius 3 is 2.80 bits per heavy atom. The van der Waals surface area contributed by atoms with Gasteiger partial charge in [-0.2, -0.15) is 0 Å². The smallest absolute Gasteiger partial charge is 0.264 e. The first kappa shape index (κ1) is 21.1. The highest BCUT2D eigenvalue weighted by Gasteiger charge is 2.25. The number of morpholine rings is 1. The zero-order valence-electron chi connectivity index (χ0n) is 16.2. The molecule has 0 bridgehead atoms. The molecule has 6 nitrogen and oxygen atoms in total. The highest BCUT2D eigenvalue weighted by atomic mass is 35.5. The summed E-state index contributed by atoms with van der Waals surface area (Å²) < 4.78 is 11.0. The Morgan fingerprint density at radius 2 is 2.03 bits per heavy atom. The maximum absolute atomic E-state index is 12.4. The van der Waals surface area contributed by atoms with Gasteiger partial charge in [0.25, 0.3) is 5.91 Å². The minimum absolute atomic E-state index is 0.226. The van der Waals surface area contributed by atoms with Gasteiger partial charge >= 0.3 is 0 Å². The number of methoxy groups -OCH3 is 1. The van der Waals surface area contributed by atoms with Crippen molar-refractivity contribution in [1.82, 2.24) is 5.32 Å². The van der Waals surface area contributed by atoms with Crippen molar-refractivity contribution in [2.24, 2.45) is 4.99 Å². The van der Waals surface area contributed by atoms with Crippen LogP contribution in [-0.4, -0.2) is 44.5 Å². The second-order valence-electron chi connectivity index (χ2n) is 6.58. The lowest BCUT2D eigenvalue weighted by Crippen LogP contribution is -2.36. The fourth-order valence-electron chi connectivity index (χ4n) is 3.15. The molecule has 1 N–H and O–H groups in total. The Bertz CT molecular complexity index is 1040. The van der Waals surface area contributed by atoms with Crippen LogP contribution in [-0.2, 0) is 9.53 Å². The van der Waals surface area contributed by atoms with Gasteiger partial charge in [0.15, 0.2) is 5.17 Å². The van der Waals surface area contributed by atoms with Crippen LogP contribution in [0.3, 0.4) is 0 Å². The maximum atomic E-state index is 12.4. The number of nitrogens with zero attached hydrogens (tertiary/aromatic N) is 2. The maximum Gasteiger partial charge on any atom is 0.264 e. The monoisotopic (exact) mass is 463 g/mol. The quantitative estimate of drug-likeness (QED) is 0.663. The highest BCUT2D eigenvalue weighted by Crippen LogP contribution is 2.36. The number of thioether (sulfide) groups is 1. The molecule has 0 spiro atoms. The third-order valence-corrected chi connectivity index (χ3v) is 6.40. The first-order valence-corrected chi connectivity index (χ1v) is 10.9. The fourth-order valence-corrected chi connectivity index (χ4v) is 4.31. The van der Waals surface area contributed by atoms with Crippen molar-refractivity contribution >= 4 is 63.5 Å². The summed E-state index contributed by atoms with van der Waals surface area (Å²) in [4.78, 5) is 19.6. The van der Waals surface area contributed by atoms with Crippen LogP contribution < -0.4 is 15.0 Å². The van der Waals surface area contributed by atoms with E-state index in [-0.39, 0.29) is 5.91 Å². The van der Waals surface area contributed by atoms with E-state index in [9.17, 15) is 4.79 Å². The summed E-state index contributed by atoms with van der Waals surface area (Å²) in [5, 5.41) is 3.96. The van der Waals surface area contributed by atoms with E-state index in [0.717, 1.165) is 24.3 Å². The van der Waals surface area contributed by atoms with E-state index in [4.69, 9.17) is 32.7 Å². The number of carbonyl (C=O) groups is 1. The van der Waals surface area contributed by atoms with Gasteiger partial charge in [0.1, 0.15) is 5.75 Å². The van der Waals surface area contributed by atoms with Crippen molar-refractivity contribution in [2.75, 3.05) is 38.3 Å². The van der Waals surface area contributed by atoms with Gasteiger partial charge in [-0.1, -0.05) is 29.3 Å². The van der Waals surface area contributed by atoms with Crippen molar-refractivity contribution in [3.8, 4) is 5.75 Å². The van der Waals surface area contributed by atoms with Crippen LogP contribution >= 0.6 is 35.0 Å². The molecular weight excluding hydrogens is 445 g/mol. The Hall–Kier alpha value is -2.19. The number of rotatable bonds is 4. The molecule has 2 aliphatic heterocycles. The standard InChI is InChI=1S/C21H19Cl2N3O3S/c1-28-17-12-14(26-7-9-29-10-8-26)6-5-13(17)11-18-20(27)25-21(30-18)24-16-4-2-3-15(22)19(16)23/h2-6,11-12H,7-10H2,1H3,(H,24,25,27)/b18-11-. The summed E-state index contributed by atoms with van der Waals surface area (Å²) in [6.07, 6.45) is 1.80. The van der Waals surface area contributed by atoms with Crippen LogP contribution in [0.25, 0.3) is 6.08 Å². The Kier molecular flexibility index (Phi) is 6.53. The van der Waals surface area contributed by atoms with Gasteiger partial charge in [-0.3, -0.25) is 4.79 Å². The predicted octanol–water partition coefficient (Wildman–Crippen LogP) is 4.73. The Morgan fingerprint density at radius 1 is 1.23 bits per heavy atom. The third-order valence-electron chi connectivity index (χ3n) is 4.68. The number of amidine groups is 1. The summed E-state index contributed by atoms with van der Waals surface area (Å²) in [6, 6.07) is 11.1. The van der Waals surface area contributed by atoms with Crippen molar-refractivity contribution in [3.63, 3.8) is 0 Å². The molecule has 0 saturated carbocycles. The molecule has 1 amide bonds. The molecule has 4 rings (SSSR count). The van der Waals surface area contributed by atoms with E-state index in [2.05, 4.69) is 15.2 Å². The summed E-state index contributed by atoms with van der Waals surface area (Å²) in [6.45, 7) is 3.11. The van der Waals surface area contributed by atoms with Crippen molar-refractivity contribution < 1.29 is 14.3 Å². The van der Waals surface area contributed by atoms with Crippen LogP contribution in [0.5, 0.6) is 5.75 Å². The molecule has 2 heterocycles. The molecule has 9 heteroatoms. The van der Waals surface area contributed by atoms with E-state index in [1.165, 1.54) is 11.8 Å². The second kappa shape index (κ2) is 9.31. The highest BCUT2D eigenvalue weighted by molar-refractivity contribution is 8.18. The topological polar surface area (TPSA) is 63.2 Å². The number of anilines is 1. The molecule has 30 heavy (non-hydrogen) atoms. The van der Waals surface area contributed by atoms with Gasteiger partial charge in [-0.15, -0.1) is 0 Å². The number of hydrogen-bond acceptors (Lipinski definition) is 6. The first-order valence-electron chi connectivity index (χ1n) is 9.29. The molecule has 0 atom stereocenters. The summed E-state index contributed by atoms with van der Waals surface area (Å²) in [5.41, 5.74) is 2.38.